The first-order valence-electron chi connectivity index (χ1n) is 30.5. The third-order valence-corrected chi connectivity index (χ3v) is 18.6. The van der Waals surface area contributed by atoms with Crippen molar-refractivity contribution in [2.75, 3.05) is 9.80 Å². The molecule has 15 aromatic rings. The largest absolute Gasteiger partial charge is 0.456 e. The van der Waals surface area contributed by atoms with E-state index in [2.05, 4.69) is 307 Å². The Labute approximate surface area is 501 Å². The van der Waals surface area contributed by atoms with Crippen molar-refractivity contribution in [1.29, 1.82) is 0 Å². The molecule has 0 unspecified atom stereocenters. The maximum atomic E-state index is 6.78. The van der Waals surface area contributed by atoms with Gasteiger partial charge in [0.1, 0.15) is 11.2 Å². The van der Waals surface area contributed by atoms with Crippen molar-refractivity contribution in [3.63, 3.8) is 0 Å². The molecule has 0 atom stereocenters. The molecular weight excluding hydrogens is 1040 g/mol. The molecule has 0 saturated heterocycles. The van der Waals surface area contributed by atoms with Gasteiger partial charge < -0.3 is 23.4 Å². The Bertz CT molecular complexity index is 5070. The second-order valence-electron chi connectivity index (χ2n) is 24.6. The number of aromatic nitrogens is 2. The van der Waals surface area contributed by atoms with Gasteiger partial charge in [-0.3, -0.25) is 0 Å². The van der Waals surface area contributed by atoms with Crippen LogP contribution in [0.15, 0.2) is 265 Å². The molecular formula is C80H61BN4O. The highest BCUT2D eigenvalue weighted by Crippen LogP contribution is 2.53. The van der Waals surface area contributed by atoms with E-state index >= 15 is 0 Å². The Morgan fingerprint density at radius 2 is 0.849 bits per heavy atom. The highest BCUT2D eigenvalue weighted by atomic mass is 16.3. The molecule has 12 aromatic carbocycles. The van der Waals surface area contributed by atoms with Gasteiger partial charge in [-0.2, -0.15) is 0 Å². The van der Waals surface area contributed by atoms with Crippen LogP contribution in [-0.2, 0) is 11.8 Å². The van der Waals surface area contributed by atoms with Crippen LogP contribution in [0.5, 0.6) is 0 Å². The third-order valence-electron chi connectivity index (χ3n) is 18.6. The molecule has 0 fully saturated rings. The molecule has 0 aliphatic carbocycles. The number of para-hydroxylation sites is 6. The van der Waals surface area contributed by atoms with Crippen LogP contribution in [0.2, 0.25) is 0 Å². The van der Waals surface area contributed by atoms with E-state index in [1.165, 1.54) is 93.9 Å². The summed E-state index contributed by atoms with van der Waals surface area (Å²) in [7, 11) is 0. The van der Waals surface area contributed by atoms with Gasteiger partial charge in [-0.05, 0) is 136 Å². The van der Waals surface area contributed by atoms with Crippen molar-refractivity contribution in [3.8, 4) is 33.6 Å². The van der Waals surface area contributed by atoms with Gasteiger partial charge in [0.25, 0.3) is 6.71 Å². The Morgan fingerprint density at radius 3 is 1.36 bits per heavy atom. The molecule has 2 aliphatic heterocycles. The molecule has 0 saturated carbocycles. The Kier molecular flexibility index (Phi) is 11.3. The van der Waals surface area contributed by atoms with Gasteiger partial charge in [-0.15, -0.1) is 0 Å². The highest BCUT2D eigenvalue weighted by Gasteiger charge is 2.46. The summed E-state index contributed by atoms with van der Waals surface area (Å²) in [4.78, 5) is 5.36. The second-order valence-corrected chi connectivity index (χ2v) is 24.6. The van der Waals surface area contributed by atoms with E-state index in [0.717, 1.165) is 86.2 Å². The topological polar surface area (TPSA) is 29.5 Å². The fourth-order valence-corrected chi connectivity index (χ4v) is 14.6. The van der Waals surface area contributed by atoms with Crippen LogP contribution in [-0.4, -0.2) is 15.8 Å². The predicted octanol–water partition coefficient (Wildman–Crippen LogP) is 19.8. The molecule has 3 aromatic heterocycles. The molecule has 5 nitrogen and oxygen atoms in total. The zero-order valence-corrected chi connectivity index (χ0v) is 48.7. The van der Waals surface area contributed by atoms with Gasteiger partial charge in [0.05, 0.1) is 33.4 Å². The zero-order chi connectivity index (χ0) is 57.4. The van der Waals surface area contributed by atoms with Crippen molar-refractivity contribution < 1.29 is 4.42 Å². The minimum Gasteiger partial charge on any atom is -0.456 e. The number of hydrogen-bond donors (Lipinski definition) is 0. The molecule has 0 radical (unpaired) electrons. The van der Waals surface area contributed by atoms with Crippen LogP contribution in [0.1, 0.15) is 51.7 Å². The summed E-state index contributed by atoms with van der Waals surface area (Å²) in [5.41, 5.74) is 26.5. The third kappa shape index (κ3) is 7.58. The number of hydrogen-bond acceptors (Lipinski definition) is 3. The first-order chi connectivity index (χ1) is 42.3. The van der Waals surface area contributed by atoms with Gasteiger partial charge in [0.15, 0.2) is 0 Å². The normalized spacial score (nSPS) is 13.0. The van der Waals surface area contributed by atoms with Crippen molar-refractivity contribution in [2.45, 2.75) is 52.4 Å². The lowest BCUT2D eigenvalue weighted by molar-refractivity contribution is 0.590. The number of unbranched alkanes of at least 4 members (excludes halogenated alkanes) is 1. The Morgan fingerprint density at radius 1 is 0.384 bits per heavy atom. The van der Waals surface area contributed by atoms with Crippen molar-refractivity contribution >= 4 is 123 Å². The van der Waals surface area contributed by atoms with Crippen LogP contribution in [0, 0.1) is 0 Å². The summed E-state index contributed by atoms with van der Waals surface area (Å²) in [6, 6.07) is 97.8. The van der Waals surface area contributed by atoms with Gasteiger partial charge in [0, 0.05) is 77.6 Å². The lowest BCUT2D eigenvalue weighted by Gasteiger charge is -2.46. The summed E-state index contributed by atoms with van der Waals surface area (Å²) in [5, 5.41) is 7.20. The van der Waals surface area contributed by atoms with Gasteiger partial charge in [-0.1, -0.05) is 216 Å². The lowest BCUT2D eigenvalue weighted by atomic mass is 9.33. The zero-order valence-electron chi connectivity index (χ0n) is 48.7. The summed E-state index contributed by atoms with van der Waals surface area (Å²) >= 11 is 0. The first kappa shape index (κ1) is 50.2. The molecule has 86 heavy (non-hydrogen) atoms. The molecule has 0 amide bonds. The van der Waals surface area contributed by atoms with E-state index in [1.54, 1.807) is 0 Å². The number of rotatable bonds is 9. The molecule has 0 N–H and O–H groups in total. The number of furan rings is 1. The van der Waals surface area contributed by atoms with Gasteiger partial charge >= 0.3 is 0 Å². The molecule has 2 aliphatic rings. The van der Waals surface area contributed by atoms with E-state index in [4.69, 9.17) is 4.42 Å². The lowest BCUT2D eigenvalue weighted by Crippen LogP contribution is -2.61. The minimum absolute atomic E-state index is 0.160. The quantitative estimate of drug-likeness (QED) is 0.135. The number of aryl methyl sites for hydroxylation is 1. The second kappa shape index (κ2) is 19.4. The summed E-state index contributed by atoms with van der Waals surface area (Å²) in [6.07, 6.45) is 3.00. The molecule has 410 valence electrons. The number of anilines is 6. The molecule has 0 bridgehead atoms. The van der Waals surface area contributed by atoms with E-state index in [0.29, 0.717) is 0 Å². The van der Waals surface area contributed by atoms with E-state index < -0.39 is 0 Å². The van der Waals surface area contributed by atoms with E-state index in [9.17, 15) is 0 Å². The highest BCUT2D eigenvalue weighted by molar-refractivity contribution is 7.00. The predicted molar refractivity (Wildman–Crippen MR) is 365 cm³/mol. The molecule has 17 rings (SSSR count). The average molecular weight is 1110 g/mol. The Balaban J connectivity index is 1.03. The summed E-state index contributed by atoms with van der Waals surface area (Å²) < 4.78 is 11.8. The summed E-state index contributed by atoms with van der Waals surface area (Å²) in [5.74, 6) is 0. The van der Waals surface area contributed by atoms with Crippen molar-refractivity contribution in [2.24, 2.45) is 0 Å². The van der Waals surface area contributed by atoms with Crippen molar-refractivity contribution in [3.05, 3.63) is 272 Å². The first-order valence-corrected chi connectivity index (χ1v) is 30.5. The maximum absolute atomic E-state index is 6.78. The molecule has 5 heterocycles. The number of fused-ring (bicyclic) bond motifs is 13. The number of benzene rings is 12. The van der Waals surface area contributed by atoms with Gasteiger partial charge in [-0.25, -0.2) is 0 Å². The van der Waals surface area contributed by atoms with E-state index in [-0.39, 0.29) is 12.1 Å². The smallest absolute Gasteiger partial charge is 0.252 e. The van der Waals surface area contributed by atoms with Crippen LogP contribution in [0.4, 0.5) is 34.1 Å². The number of nitrogens with zero attached hydrogens (tertiary/aromatic N) is 4. The van der Waals surface area contributed by atoms with Crippen LogP contribution < -0.4 is 26.2 Å². The van der Waals surface area contributed by atoms with Crippen LogP contribution in [0.25, 0.3) is 99.2 Å². The SMILES string of the molecule is CCCCc1cc2oc3ccccc3c2cc1N1c2cc(-n3c4ccccc4c4ccccc43)ccc2B2c3ccc(-n4c5ccccc5c5ccccc54)cc3N(c3c(-c4ccccc4)cccc3-c3ccccc3)c3cc(C(C)(C)C)cc1c32. The average Bonchev–Trinajstić information content (AvgIpc) is 0.885. The van der Waals surface area contributed by atoms with Crippen LogP contribution >= 0.6 is 0 Å². The monoisotopic (exact) mass is 1100 g/mol. The van der Waals surface area contributed by atoms with E-state index in [1.807, 2.05) is 0 Å². The molecule has 6 heteroatoms. The van der Waals surface area contributed by atoms with Crippen molar-refractivity contribution in [1.82, 2.24) is 9.13 Å². The van der Waals surface area contributed by atoms with Crippen LogP contribution in [0.3, 0.4) is 0 Å². The Hall–Kier alpha value is -10.3. The minimum atomic E-state index is -0.258. The van der Waals surface area contributed by atoms with Gasteiger partial charge in [0.2, 0.25) is 0 Å². The maximum Gasteiger partial charge on any atom is 0.252 e. The molecule has 0 spiro atoms. The summed E-state index contributed by atoms with van der Waals surface area (Å²) in [6.45, 7) is 9.28. The fourth-order valence-electron chi connectivity index (χ4n) is 14.6. The fraction of sp³-hybridized carbons (Fsp3) is 0.100. The standard InChI is InChI=1S/C80H61BN4O/c1-5-6-24-53-45-77-64(63-33-17-22-40-76(63)86-77)50-71(53)84-72-48-55(82-67-36-18-13-29-59(67)60-30-14-19-37-68(60)82)41-43-65(72)81-66-44-42-56(83-69-38-20-15-31-61(69)62-32-16-21-39-70(62)83)49-73(66)85(75-47-54(80(2,3)4)46-74(84)78(75)81)79-57(51-25-9-7-10-26-51)34-23-35-58(79)52-27-11-8-12-28-52/h7-23,25-50H,5-6,24H2,1-4H3.